The molecule has 29 heavy (non-hydrogen) atoms. The Morgan fingerprint density at radius 3 is 2.28 bits per heavy atom. The summed E-state index contributed by atoms with van der Waals surface area (Å²) in [6, 6.07) is 25.8. The molecule has 0 fully saturated rings. The average molecular weight is 383 g/mol. The zero-order valence-corrected chi connectivity index (χ0v) is 16.1. The molecule has 3 aromatic carbocycles. The number of hydrogen-bond acceptors (Lipinski definition) is 3. The molecule has 2 aliphatic heterocycles. The second kappa shape index (κ2) is 7.55. The molecule has 0 amide bonds. The molecule has 3 nitrogen and oxygen atoms in total. The molecule has 144 valence electrons. The predicted octanol–water partition coefficient (Wildman–Crippen LogP) is 5.76. The highest BCUT2D eigenvalue weighted by Crippen LogP contribution is 2.34. The van der Waals surface area contributed by atoms with Gasteiger partial charge < -0.3 is 4.90 Å². The smallest absolute Gasteiger partial charge is 0.210 e. The lowest BCUT2D eigenvalue weighted by atomic mass is 10.1. The molecule has 2 heterocycles. The number of aliphatic imine (C=N–C) groups is 1. The van der Waals surface area contributed by atoms with Gasteiger partial charge in [0, 0.05) is 30.5 Å². The Kier molecular flexibility index (Phi) is 4.60. The Morgan fingerprint density at radius 2 is 1.48 bits per heavy atom. The highest BCUT2D eigenvalue weighted by atomic mass is 19.1. The van der Waals surface area contributed by atoms with Crippen LogP contribution in [0, 0.1) is 5.82 Å². The lowest BCUT2D eigenvalue weighted by Crippen LogP contribution is -2.34. The molecule has 2 aliphatic rings. The molecule has 0 N–H and O–H groups in total. The maximum absolute atomic E-state index is 14.5. The highest BCUT2D eigenvalue weighted by molar-refractivity contribution is 6.08. The summed E-state index contributed by atoms with van der Waals surface area (Å²) < 4.78 is 14.5. The lowest BCUT2D eigenvalue weighted by molar-refractivity contribution is 0.556. The van der Waals surface area contributed by atoms with Crippen molar-refractivity contribution in [3.8, 4) is 11.1 Å². The van der Waals surface area contributed by atoms with Gasteiger partial charge in [-0.1, -0.05) is 54.6 Å². The molecule has 0 bridgehead atoms. The van der Waals surface area contributed by atoms with Crippen LogP contribution in [0.15, 0.2) is 90.1 Å². The third-order valence-corrected chi connectivity index (χ3v) is 5.44. The third-order valence-electron chi connectivity index (χ3n) is 5.44. The van der Waals surface area contributed by atoms with E-state index in [1.165, 1.54) is 17.2 Å². The van der Waals surface area contributed by atoms with Gasteiger partial charge in [-0.05, 0) is 48.2 Å². The largest absolute Gasteiger partial charge is 0.310 e. The summed E-state index contributed by atoms with van der Waals surface area (Å²) in [6.45, 7) is 1.64. The quantitative estimate of drug-likeness (QED) is 0.572. The summed E-state index contributed by atoms with van der Waals surface area (Å²) >= 11 is 0. The van der Waals surface area contributed by atoms with Crippen LogP contribution in [0.2, 0.25) is 0 Å². The molecule has 0 aromatic heterocycles. The number of fused-ring (bicyclic) bond motifs is 1. The molecular weight excluding hydrogens is 361 g/mol. The van der Waals surface area contributed by atoms with Crippen LogP contribution in [-0.2, 0) is 0 Å². The number of nitrogens with zero attached hydrogens (tertiary/aromatic N) is 3. The summed E-state index contributed by atoms with van der Waals surface area (Å²) in [5.41, 5.74) is 4.88. The highest BCUT2D eigenvalue weighted by Gasteiger charge is 2.32. The van der Waals surface area contributed by atoms with E-state index in [4.69, 9.17) is 4.99 Å². The normalized spacial score (nSPS) is 16.2. The van der Waals surface area contributed by atoms with E-state index < -0.39 is 0 Å². The molecule has 0 saturated heterocycles. The van der Waals surface area contributed by atoms with Crippen LogP contribution in [0.5, 0.6) is 0 Å². The molecule has 0 aliphatic carbocycles. The topological polar surface area (TPSA) is 18.8 Å². The fraction of sp³-hybridized carbons (Fsp3) is 0.160. The van der Waals surface area contributed by atoms with Gasteiger partial charge in [0.25, 0.3) is 0 Å². The molecule has 0 radical (unpaired) electrons. The van der Waals surface area contributed by atoms with Crippen molar-refractivity contribution >= 4 is 17.3 Å². The second-order valence-corrected chi connectivity index (χ2v) is 7.32. The van der Waals surface area contributed by atoms with Crippen LogP contribution < -0.4 is 4.90 Å². The van der Waals surface area contributed by atoms with E-state index in [2.05, 4.69) is 46.2 Å². The van der Waals surface area contributed by atoms with E-state index in [1.54, 1.807) is 6.07 Å². The fourth-order valence-electron chi connectivity index (χ4n) is 3.95. The molecule has 3 aromatic rings. The average Bonchev–Trinajstić information content (AvgIpc) is 2.95. The Bertz CT molecular complexity index is 1070. The summed E-state index contributed by atoms with van der Waals surface area (Å²) in [6.07, 6.45) is 4.10. The molecule has 0 unspecified atom stereocenters. The Balaban J connectivity index is 1.54. The Morgan fingerprint density at radius 1 is 0.759 bits per heavy atom. The Hall–Kier alpha value is -3.40. The van der Waals surface area contributed by atoms with E-state index in [-0.39, 0.29) is 5.82 Å². The predicted molar refractivity (Wildman–Crippen MR) is 117 cm³/mol. The number of halogens is 1. The van der Waals surface area contributed by atoms with Crippen molar-refractivity contribution in [3.05, 3.63) is 96.4 Å². The number of benzene rings is 3. The first-order valence-corrected chi connectivity index (χ1v) is 10.0. The molecule has 0 atom stereocenters. The van der Waals surface area contributed by atoms with Crippen molar-refractivity contribution < 1.29 is 4.39 Å². The van der Waals surface area contributed by atoms with Crippen molar-refractivity contribution in [1.82, 2.24) is 4.90 Å². The first kappa shape index (κ1) is 17.7. The van der Waals surface area contributed by atoms with Crippen molar-refractivity contribution in [2.75, 3.05) is 18.0 Å². The van der Waals surface area contributed by atoms with E-state index in [0.29, 0.717) is 5.56 Å². The van der Waals surface area contributed by atoms with E-state index in [1.807, 2.05) is 36.5 Å². The van der Waals surface area contributed by atoms with Crippen LogP contribution in [0.4, 0.5) is 10.1 Å². The molecule has 5 rings (SSSR count). The molecular formula is C25H22FN3. The first-order valence-electron chi connectivity index (χ1n) is 10.0. The van der Waals surface area contributed by atoms with Gasteiger partial charge in [0.2, 0.25) is 5.96 Å². The van der Waals surface area contributed by atoms with Crippen LogP contribution in [0.1, 0.15) is 18.4 Å². The van der Waals surface area contributed by atoms with Crippen LogP contribution in [0.3, 0.4) is 0 Å². The SMILES string of the molecule is Fc1ccccc1C1=CN(c2ccc(-c3ccccc3)cc2)C2=NCCCCN12. The zero-order chi connectivity index (χ0) is 19.6. The minimum absolute atomic E-state index is 0.205. The lowest BCUT2D eigenvalue weighted by Gasteiger charge is -2.24. The van der Waals surface area contributed by atoms with Gasteiger partial charge in [-0.3, -0.25) is 9.89 Å². The molecule has 4 heteroatoms. The van der Waals surface area contributed by atoms with Crippen LogP contribution in [-0.4, -0.2) is 23.9 Å². The van der Waals surface area contributed by atoms with Crippen molar-refractivity contribution in [2.24, 2.45) is 4.99 Å². The number of anilines is 1. The summed E-state index contributed by atoms with van der Waals surface area (Å²) in [7, 11) is 0. The number of rotatable bonds is 3. The number of guanidine groups is 1. The van der Waals surface area contributed by atoms with Crippen LogP contribution in [0.25, 0.3) is 16.8 Å². The number of hydrogen-bond donors (Lipinski definition) is 0. The maximum Gasteiger partial charge on any atom is 0.210 e. The Labute approximate surface area is 170 Å². The van der Waals surface area contributed by atoms with E-state index in [9.17, 15) is 4.39 Å². The van der Waals surface area contributed by atoms with Gasteiger partial charge in [-0.15, -0.1) is 0 Å². The van der Waals surface area contributed by atoms with Gasteiger partial charge in [-0.25, -0.2) is 4.39 Å². The van der Waals surface area contributed by atoms with Crippen molar-refractivity contribution in [1.29, 1.82) is 0 Å². The van der Waals surface area contributed by atoms with Gasteiger partial charge in [0.05, 0.1) is 5.70 Å². The minimum Gasteiger partial charge on any atom is -0.310 e. The van der Waals surface area contributed by atoms with Crippen molar-refractivity contribution in [2.45, 2.75) is 12.8 Å². The van der Waals surface area contributed by atoms with E-state index >= 15 is 0 Å². The van der Waals surface area contributed by atoms with E-state index in [0.717, 1.165) is 43.3 Å². The summed E-state index contributed by atoms with van der Waals surface area (Å²) in [5, 5.41) is 0. The monoisotopic (exact) mass is 383 g/mol. The maximum atomic E-state index is 14.5. The summed E-state index contributed by atoms with van der Waals surface area (Å²) in [4.78, 5) is 9.06. The van der Waals surface area contributed by atoms with Gasteiger partial charge >= 0.3 is 0 Å². The molecule has 0 saturated carbocycles. The molecule has 0 spiro atoms. The second-order valence-electron chi connectivity index (χ2n) is 7.32. The van der Waals surface area contributed by atoms with Gasteiger partial charge in [0.1, 0.15) is 5.82 Å². The summed E-state index contributed by atoms with van der Waals surface area (Å²) in [5.74, 6) is 0.678. The van der Waals surface area contributed by atoms with Crippen molar-refractivity contribution in [3.63, 3.8) is 0 Å². The van der Waals surface area contributed by atoms with Gasteiger partial charge in [-0.2, -0.15) is 0 Å². The first-order chi connectivity index (χ1) is 14.3. The third kappa shape index (κ3) is 3.31. The fourth-order valence-corrected chi connectivity index (χ4v) is 3.95. The van der Waals surface area contributed by atoms with Crippen LogP contribution >= 0.6 is 0 Å². The zero-order valence-electron chi connectivity index (χ0n) is 16.1. The standard InChI is InChI=1S/C25H22FN3/c26-23-11-5-4-10-22(23)24-18-29(25-27-16-6-7-17-28(24)25)21-14-12-20(13-15-21)19-8-2-1-3-9-19/h1-5,8-15,18H,6-7,16-17H2. The minimum atomic E-state index is -0.205. The van der Waals surface area contributed by atoms with Gasteiger partial charge in [0.15, 0.2) is 0 Å².